The predicted octanol–water partition coefficient (Wildman–Crippen LogP) is 3.25. The van der Waals surface area contributed by atoms with Crippen LogP contribution < -0.4 is 5.73 Å². The fourth-order valence-electron chi connectivity index (χ4n) is 3.01. The van der Waals surface area contributed by atoms with Crippen molar-refractivity contribution in [2.75, 3.05) is 0 Å². The van der Waals surface area contributed by atoms with E-state index in [1.807, 2.05) is 10.6 Å². The van der Waals surface area contributed by atoms with Crippen LogP contribution in [0, 0.1) is 0 Å². The van der Waals surface area contributed by atoms with E-state index in [9.17, 15) is 0 Å². The number of allylic oxidation sites excluding steroid dienone is 1. The van der Waals surface area contributed by atoms with Crippen LogP contribution in [-0.4, -0.2) is 19.9 Å². The van der Waals surface area contributed by atoms with Crippen molar-refractivity contribution in [3.63, 3.8) is 0 Å². The molecule has 1 fully saturated rings. The summed E-state index contributed by atoms with van der Waals surface area (Å²) in [7, 11) is 0. The van der Waals surface area contributed by atoms with Gasteiger partial charge >= 0.3 is 0 Å². The molecule has 0 atom stereocenters. The van der Waals surface area contributed by atoms with Crippen LogP contribution in [0.1, 0.15) is 55.3 Å². The third-order valence-electron chi connectivity index (χ3n) is 4.23. The van der Waals surface area contributed by atoms with Gasteiger partial charge in [0.05, 0.1) is 18.0 Å². The average molecular weight is 333 g/mol. The highest BCUT2D eigenvalue weighted by atomic mass is 32.2. The summed E-state index contributed by atoms with van der Waals surface area (Å²) in [4.78, 5) is 0. The van der Waals surface area contributed by atoms with E-state index in [2.05, 4.69) is 28.0 Å². The van der Waals surface area contributed by atoms with Crippen LogP contribution in [0.2, 0.25) is 0 Å². The van der Waals surface area contributed by atoms with Crippen LogP contribution >= 0.6 is 11.8 Å². The largest absolute Gasteiger partial charge is 0.360 e. The molecule has 0 amide bonds. The Kier molecular flexibility index (Phi) is 5.51. The Balaban J connectivity index is 1.63. The molecule has 2 aromatic rings. The first kappa shape index (κ1) is 16.3. The second-order valence-electron chi connectivity index (χ2n) is 5.84. The lowest BCUT2D eigenvalue weighted by molar-refractivity contribution is 0.365. The van der Waals surface area contributed by atoms with Crippen molar-refractivity contribution in [3.05, 3.63) is 36.0 Å². The topological polar surface area (TPSA) is 82.8 Å². The quantitative estimate of drug-likeness (QED) is 0.618. The van der Waals surface area contributed by atoms with Gasteiger partial charge in [-0.3, -0.25) is 0 Å². The van der Waals surface area contributed by atoms with Crippen LogP contribution in [0.25, 0.3) is 0 Å². The van der Waals surface area contributed by atoms with Gasteiger partial charge in [-0.1, -0.05) is 42.3 Å². The first-order chi connectivity index (χ1) is 11.3. The molecule has 1 aliphatic carbocycles. The summed E-state index contributed by atoms with van der Waals surface area (Å²) in [5.74, 6) is 2.92. The molecule has 0 spiro atoms. The molecule has 3 rings (SSSR count). The zero-order valence-electron chi connectivity index (χ0n) is 13.3. The van der Waals surface area contributed by atoms with Crippen molar-refractivity contribution in [2.24, 2.45) is 5.73 Å². The standard InChI is InChI=1S/C16H23N5OS/c1-2-8-21-15(10-17)18-19-16(21)23-11-13-9-14(20-22-13)12-6-4-3-5-7-12/h2,9,12H,1,3-8,10-11,17H2. The first-order valence-corrected chi connectivity index (χ1v) is 9.11. The van der Waals surface area contributed by atoms with Crippen molar-refractivity contribution in [3.8, 4) is 0 Å². The second kappa shape index (κ2) is 7.79. The van der Waals surface area contributed by atoms with E-state index < -0.39 is 0 Å². The van der Waals surface area contributed by atoms with Gasteiger partial charge in [-0.05, 0) is 12.8 Å². The molecule has 23 heavy (non-hydrogen) atoms. The molecule has 0 aliphatic heterocycles. The highest BCUT2D eigenvalue weighted by molar-refractivity contribution is 7.98. The second-order valence-corrected chi connectivity index (χ2v) is 6.79. The predicted molar refractivity (Wildman–Crippen MR) is 90.0 cm³/mol. The smallest absolute Gasteiger partial charge is 0.191 e. The van der Waals surface area contributed by atoms with E-state index in [0.29, 0.717) is 24.8 Å². The number of thioether (sulfide) groups is 1. The number of nitrogens with two attached hydrogens (primary N) is 1. The van der Waals surface area contributed by atoms with Gasteiger partial charge in [0.15, 0.2) is 5.16 Å². The minimum Gasteiger partial charge on any atom is -0.360 e. The number of hydrogen-bond acceptors (Lipinski definition) is 6. The minimum atomic E-state index is 0.371. The number of hydrogen-bond donors (Lipinski definition) is 1. The van der Waals surface area contributed by atoms with Gasteiger partial charge in [-0.2, -0.15) is 0 Å². The number of rotatable bonds is 7. The number of aromatic nitrogens is 4. The molecule has 2 heterocycles. The first-order valence-electron chi connectivity index (χ1n) is 8.13. The summed E-state index contributed by atoms with van der Waals surface area (Å²) in [6.45, 7) is 4.80. The molecular formula is C16H23N5OS. The third-order valence-corrected chi connectivity index (χ3v) is 5.22. The van der Waals surface area contributed by atoms with E-state index in [4.69, 9.17) is 10.3 Å². The minimum absolute atomic E-state index is 0.371. The zero-order valence-corrected chi connectivity index (χ0v) is 14.1. The Labute approximate surface area is 140 Å². The molecule has 0 aromatic carbocycles. The summed E-state index contributed by atoms with van der Waals surface area (Å²) in [5, 5.41) is 13.4. The highest BCUT2D eigenvalue weighted by Crippen LogP contribution is 2.33. The Morgan fingerprint density at radius 2 is 2.17 bits per heavy atom. The lowest BCUT2D eigenvalue weighted by Crippen LogP contribution is -2.08. The van der Waals surface area contributed by atoms with Crippen LogP contribution in [0.3, 0.4) is 0 Å². The van der Waals surface area contributed by atoms with E-state index in [0.717, 1.165) is 22.4 Å². The fraction of sp³-hybridized carbons (Fsp3) is 0.562. The molecule has 0 radical (unpaired) electrons. The summed E-state index contributed by atoms with van der Waals surface area (Å²) in [6.07, 6.45) is 8.23. The molecule has 0 unspecified atom stereocenters. The summed E-state index contributed by atoms with van der Waals surface area (Å²) in [5.41, 5.74) is 6.80. The van der Waals surface area contributed by atoms with Crippen molar-refractivity contribution in [1.29, 1.82) is 0 Å². The van der Waals surface area contributed by atoms with Crippen molar-refractivity contribution in [1.82, 2.24) is 19.9 Å². The Bertz CT molecular complexity index is 645. The number of nitrogens with zero attached hydrogens (tertiary/aromatic N) is 4. The molecule has 2 aromatic heterocycles. The van der Waals surface area contributed by atoms with Gasteiger partial charge in [0.25, 0.3) is 0 Å². The molecule has 1 saturated carbocycles. The Morgan fingerprint density at radius 3 is 2.91 bits per heavy atom. The van der Waals surface area contributed by atoms with Gasteiger partial charge in [-0.25, -0.2) is 0 Å². The third kappa shape index (κ3) is 3.84. The zero-order chi connectivity index (χ0) is 16.1. The van der Waals surface area contributed by atoms with Crippen LogP contribution in [0.5, 0.6) is 0 Å². The summed E-state index contributed by atoms with van der Waals surface area (Å²) >= 11 is 1.59. The normalized spacial score (nSPS) is 15.9. The monoisotopic (exact) mass is 333 g/mol. The molecule has 0 saturated heterocycles. The van der Waals surface area contributed by atoms with Crippen LogP contribution in [0.15, 0.2) is 28.4 Å². The van der Waals surface area contributed by atoms with E-state index in [1.165, 1.54) is 32.1 Å². The fourth-order valence-corrected chi connectivity index (χ4v) is 3.85. The van der Waals surface area contributed by atoms with Gasteiger partial charge in [0.1, 0.15) is 11.6 Å². The van der Waals surface area contributed by atoms with Gasteiger partial charge in [-0.15, -0.1) is 16.8 Å². The molecule has 2 N–H and O–H groups in total. The Morgan fingerprint density at radius 1 is 1.35 bits per heavy atom. The molecular weight excluding hydrogens is 310 g/mol. The lowest BCUT2D eigenvalue weighted by atomic mass is 9.87. The SMILES string of the molecule is C=CCn1c(CN)nnc1SCc1cc(C2CCCCC2)no1. The highest BCUT2D eigenvalue weighted by Gasteiger charge is 2.20. The van der Waals surface area contributed by atoms with Gasteiger partial charge in [0, 0.05) is 18.5 Å². The molecule has 6 nitrogen and oxygen atoms in total. The lowest BCUT2D eigenvalue weighted by Gasteiger charge is -2.18. The maximum absolute atomic E-state index is 5.69. The van der Waals surface area contributed by atoms with E-state index >= 15 is 0 Å². The molecule has 124 valence electrons. The van der Waals surface area contributed by atoms with Crippen molar-refractivity contribution in [2.45, 2.75) is 62.0 Å². The van der Waals surface area contributed by atoms with Crippen molar-refractivity contribution >= 4 is 11.8 Å². The maximum atomic E-state index is 5.69. The molecule has 7 heteroatoms. The van der Waals surface area contributed by atoms with Crippen LogP contribution in [-0.2, 0) is 18.8 Å². The average Bonchev–Trinajstić information content (AvgIpc) is 3.21. The van der Waals surface area contributed by atoms with Crippen LogP contribution in [0.4, 0.5) is 0 Å². The summed E-state index contributed by atoms with van der Waals surface area (Å²) < 4.78 is 7.48. The van der Waals surface area contributed by atoms with E-state index in [1.54, 1.807) is 11.8 Å². The summed E-state index contributed by atoms with van der Waals surface area (Å²) in [6, 6.07) is 2.10. The van der Waals surface area contributed by atoms with Gasteiger partial charge in [0.2, 0.25) is 0 Å². The molecule has 1 aliphatic rings. The molecule has 0 bridgehead atoms. The van der Waals surface area contributed by atoms with Crippen molar-refractivity contribution < 1.29 is 4.52 Å². The van der Waals surface area contributed by atoms with Gasteiger partial charge < -0.3 is 14.8 Å². The Hall–Kier alpha value is -1.60. The maximum Gasteiger partial charge on any atom is 0.191 e. The van der Waals surface area contributed by atoms with E-state index in [-0.39, 0.29) is 0 Å².